The Labute approximate surface area is 116 Å². The zero-order valence-electron chi connectivity index (χ0n) is 10.1. The Kier molecular flexibility index (Phi) is 3.88. The summed E-state index contributed by atoms with van der Waals surface area (Å²) in [4.78, 5) is 0. The largest absolute Gasteiger partial charge is 0.388 e. The van der Waals surface area contributed by atoms with Crippen LogP contribution in [0.15, 0.2) is 18.2 Å². The van der Waals surface area contributed by atoms with Crippen LogP contribution in [0.2, 0.25) is 5.02 Å². The third kappa shape index (κ3) is 2.76. The molecule has 2 atom stereocenters. The molecule has 0 amide bonds. The number of halogens is 2. The molecule has 1 saturated heterocycles. The monoisotopic (exact) mass is 307 g/mol. The normalized spacial score (nSPS) is 27.4. The number of aliphatic hydroxyl groups is 1. The fourth-order valence-corrected chi connectivity index (χ4v) is 4.91. The predicted molar refractivity (Wildman–Crippen MR) is 71.1 cm³/mol. The molecule has 1 aromatic rings. The van der Waals surface area contributed by atoms with Crippen molar-refractivity contribution in [3.05, 3.63) is 34.6 Å². The molecule has 0 saturated carbocycles. The molecule has 0 spiro atoms. The van der Waals surface area contributed by atoms with Crippen LogP contribution in [0.25, 0.3) is 0 Å². The second-order valence-electron chi connectivity index (χ2n) is 4.98. The fourth-order valence-electron chi connectivity index (χ4n) is 2.48. The zero-order chi connectivity index (χ0) is 14.3. The quantitative estimate of drug-likeness (QED) is 0.881. The first-order valence-electron chi connectivity index (χ1n) is 5.83. The Balaban J connectivity index is 2.39. The molecule has 7 heteroatoms. The van der Waals surface area contributed by atoms with Gasteiger partial charge in [0.2, 0.25) is 0 Å². The number of rotatable bonds is 3. The van der Waals surface area contributed by atoms with Gasteiger partial charge in [-0.1, -0.05) is 17.7 Å². The van der Waals surface area contributed by atoms with Crippen molar-refractivity contribution in [3.8, 4) is 0 Å². The number of nitrogens with two attached hydrogens (primary N) is 1. The van der Waals surface area contributed by atoms with Crippen molar-refractivity contribution < 1.29 is 17.9 Å². The first-order chi connectivity index (χ1) is 8.80. The van der Waals surface area contributed by atoms with E-state index in [9.17, 15) is 17.9 Å². The molecule has 1 aromatic carbocycles. The van der Waals surface area contributed by atoms with Crippen molar-refractivity contribution in [2.75, 3.05) is 18.1 Å². The van der Waals surface area contributed by atoms with E-state index in [0.717, 1.165) is 6.07 Å². The van der Waals surface area contributed by atoms with Crippen molar-refractivity contribution in [1.82, 2.24) is 0 Å². The van der Waals surface area contributed by atoms with E-state index in [1.165, 1.54) is 12.1 Å². The highest BCUT2D eigenvalue weighted by atomic mass is 35.5. The summed E-state index contributed by atoms with van der Waals surface area (Å²) in [6.07, 6.45) is -0.844. The molecule has 19 heavy (non-hydrogen) atoms. The molecular weight excluding hydrogens is 293 g/mol. The summed E-state index contributed by atoms with van der Waals surface area (Å²) in [5.41, 5.74) is 5.03. The lowest BCUT2D eigenvalue weighted by Gasteiger charge is -2.32. The van der Waals surface area contributed by atoms with Crippen molar-refractivity contribution in [3.63, 3.8) is 0 Å². The summed E-state index contributed by atoms with van der Waals surface area (Å²) in [6.45, 7) is 0.0289. The molecule has 1 fully saturated rings. The van der Waals surface area contributed by atoms with E-state index >= 15 is 0 Å². The molecule has 1 aliphatic heterocycles. The van der Waals surface area contributed by atoms with Gasteiger partial charge < -0.3 is 10.8 Å². The van der Waals surface area contributed by atoms with Crippen LogP contribution in [0.1, 0.15) is 18.1 Å². The Hall–Kier alpha value is -0.690. The van der Waals surface area contributed by atoms with Gasteiger partial charge in [-0.2, -0.15) is 0 Å². The predicted octanol–water partition coefficient (Wildman–Crippen LogP) is 1.28. The molecule has 2 unspecified atom stereocenters. The van der Waals surface area contributed by atoms with Gasteiger partial charge in [-0.25, -0.2) is 12.8 Å². The smallest absolute Gasteiger partial charge is 0.151 e. The Morgan fingerprint density at radius 1 is 1.53 bits per heavy atom. The first-order valence-corrected chi connectivity index (χ1v) is 8.03. The van der Waals surface area contributed by atoms with Gasteiger partial charge >= 0.3 is 0 Å². The molecule has 106 valence electrons. The van der Waals surface area contributed by atoms with E-state index in [0.29, 0.717) is 5.56 Å². The van der Waals surface area contributed by atoms with Crippen LogP contribution < -0.4 is 5.73 Å². The highest BCUT2D eigenvalue weighted by Gasteiger charge is 2.47. The van der Waals surface area contributed by atoms with Crippen LogP contribution in [-0.4, -0.2) is 31.6 Å². The summed E-state index contributed by atoms with van der Waals surface area (Å²) in [6, 6.07) is 3.64. The van der Waals surface area contributed by atoms with Crippen LogP contribution in [0.5, 0.6) is 0 Å². The van der Waals surface area contributed by atoms with Crippen LogP contribution in [0, 0.1) is 11.2 Å². The van der Waals surface area contributed by atoms with E-state index < -0.39 is 27.2 Å². The summed E-state index contributed by atoms with van der Waals surface area (Å²) >= 11 is 5.90. The van der Waals surface area contributed by atoms with E-state index in [4.69, 9.17) is 17.3 Å². The van der Waals surface area contributed by atoms with Gasteiger partial charge in [0.15, 0.2) is 9.84 Å². The number of aliphatic hydroxyl groups excluding tert-OH is 1. The van der Waals surface area contributed by atoms with Crippen molar-refractivity contribution in [2.24, 2.45) is 11.1 Å². The molecule has 3 N–H and O–H groups in total. The fraction of sp³-hybridized carbons (Fsp3) is 0.500. The second-order valence-corrected chi connectivity index (χ2v) is 7.57. The van der Waals surface area contributed by atoms with Crippen LogP contribution in [0.4, 0.5) is 4.39 Å². The molecule has 0 aliphatic carbocycles. The van der Waals surface area contributed by atoms with Gasteiger partial charge in [0.05, 0.1) is 17.6 Å². The van der Waals surface area contributed by atoms with Gasteiger partial charge in [0.1, 0.15) is 5.82 Å². The van der Waals surface area contributed by atoms with E-state index in [2.05, 4.69) is 0 Å². The molecule has 0 bridgehead atoms. The van der Waals surface area contributed by atoms with Gasteiger partial charge in [0, 0.05) is 17.0 Å². The minimum Gasteiger partial charge on any atom is -0.388 e. The van der Waals surface area contributed by atoms with Gasteiger partial charge in [-0.15, -0.1) is 0 Å². The minimum atomic E-state index is -3.20. The van der Waals surface area contributed by atoms with Crippen LogP contribution >= 0.6 is 11.6 Å². The minimum absolute atomic E-state index is 0.0000731. The van der Waals surface area contributed by atoms with Crippen LogP contribution in [0.3, 0.4) is 0 Å². The van der Waals surface area contributed by atoms with E-state index in [-0.39, 0.29) is 29.5 Å². The molecule has 1 aliphatic rings. The third-order valence-corrected chi connectivity index (χ3v) is 5.83. The van der Waals surface area contributed by atoms with Crippen molar-refractivity contribution in [2.45, 2.75) is 12.5 Å². The summed E-state index contributed by atoms with van der Waals surface area (Å²) in [5.74, 6) is -0.687. The zero-order valence-corrected chi connectivity index (χ0v) is 11.7. The average Bonchev–Trinajstić information content (AvgIpc) is 2.65. The summed E-state index contributed by atoms with van der Waals surface area (Å²) in [7, 11) is -3.20. The molecule has 0 aromatic heterocycles. The van der Waals surface area contributed by atoms with Gasteiger partial charge in [0.25, 0.3) is 0 Å². The Morgan fingerprint density at radius 2 is 2.21 bits per heavy atom. The molecular formula is C12H15ClFNO3S. The molecule has 0 radical (unpaired) electrons. The Bertz CT molecular complexity index is 593. The highest BCUT2D eigenvalue weighted by Crippen LogP contribution is 2.44. The van der Waals surface area contributed by atoms with E-state index in [1.807, 2.05) is 0 Å². The molecule has 1 heterocycles. The summed E-state index contributed by atoms with van der Waals surface area (Å²) in [5, 5.41) is 10.5. The lowest BCUT2D eigenvalue weighted by atomic mass is 9.78. The maximum absolute atomic E-state index is 13.0. The second kappa shape index (κ2) is 5.01. The van der Waals surface area contributed by atoms with Crippen LogP contribution in [-0.2, 0) is 9.84 Å². The number of hydrogen-bond acceptors (Lipinski definition) is 4. The van der Waals surface area contributed by atoms with Gasteiger partial charge in [-0.05, 0) is 24.1 Å². The topological polar surface area (TPSA) is 80.4 Å². The maximum atomic E-state index is 13.0. The standard InChI is InChI=1S/C12H15ClFNO3S/c13-10-5-8(14)1-2-9(10)11(16)12(6-15)3-4-19(17,18)7-12/h1-2,5,11,16H,3-4,6-7,15H2. The number of hydrogen-bond donors (Lipinski definition) is 2. The molecule has 4 nitrogen and oxygen atoms in total. The number of benzene rings is 1. The molecule has 2 rings (SSSR count). The maximum Gasteiger partial charge on any atom is 0.151 e. The number of sulfone groups is 1. The highest BCUT2D eigenvalue weighted by molar-refractivity contribution is 7.91. The van der Waals surface area contributed by atoms with Gasteiger partial charge in [-0.3, -0.25) is 0 Å². The average molecular weight is 308 g/mol. The summed E-state index contributed by atoms with van der Waals surface area (Å²) < 4.78 is 36.2. The lowest BCUT2D eigenvalue weighted by molar-refractivity contribution is 0.0472. The first kappa shape index (κ1) is 14.7. The lowest BCUT2D eigenvalue weighted by Crippen LogP contribution is -2.38. The van der Waals surface area contributed by atoms with Crippen molar-refractivity contribution in [1.29, 1.82) is 0 Å². The van der Waals surface area contributed by atoms with E-state index in [1.54, 1.807) is 0 Å². The Morgan fingerprint density at radius 3 is 2.68 bits per heavy atom. The van der Waals surface area contributed by atoms with Crippen molar-refractivity contribution >= 4 is 21.4 Å². The SMILES string of the molecule is NCC1(C(O)c2ccc(F)cc2Cl)CCS(=O)(=O)C1. The third-order valence-electron chi connectivity index (χ3n) is 3.66.